The first-order chi connectivity index (χ1) is 18.7. The molecule has 7 nitrogen and oxygen atoms in total. The molecule has 11 heteroatoms. The van der Waals surface area contributed by atoms with E-state index < -0.39 is 10.1 Å². The zero-order valence-corrected chi connectivity index (χ0v) is 25.1. The van der Waals surface area contributed by atoms with Gasteiger partial charge in [0.1, 0.15) is 14.9 Å². The Hall–Kier alpha value is -3.32. The normalized spacial score (nSPS) is 11.6. The fraction of sp³-hybridized carbons (Fsp3) is 0.0690. The van der Waals surface area contributed by atoms with Crippen LogP contribution in [-0.4, -0.2) is 28.7 Å². The molecular formula is C29H22BrN3O4S3. The van der Waals surface area contributed by atoms with Crippen LogP contribution >= 0.6 is 38.6 Å². The first-order valence-electron chi connectivity index (χ1n) is 11.8. The molecule has 0 aliphatic heterocycles. The van der Waals surface area contributed by atoms with Crippen molar-refractivity contribution in [1.82, 2.24) is 16.1 Å². The van der Waals surface area contributed by atoms with Crippen LogP contribution < -0.4 is 6.15 Å². The number of fused-ring (bicyclic) bond motifs is 2. The van der Waals surface area contributed by atoms with Crippen molar-refractivity contribution >= 4 is 74.9 Å². The van der Waals surface area contributed by atoms with Crippen LogP contribution in [0.3, 0.4) is 0 Å². The van der Waals surface area contributed by atoms with Gasteiger partial charge in [-0.15, -0.1) is 22.7 Å². The number of halogens is 1. The Morgan fingerprint density at radius 1 is 0.850 bits per heavy atom. The van der Waals surface area contributed by atoms with E-state index in [4.69, 9.17) is 4.98 Å². The Kier molecular flexibility index (Phi) is 7.71. The molecule has 4 aromatic carbocycles. The van der Waals surface area contributed by atoms with E-state index in [2.05, 4.69) is 20.9 Å². The van der Waals surface area contributed by atoms with Gasteiger partial charge in [-0.3, -0.25) is 9.35 Å². The zero-order chi connectivity index (χ0) is 27.3. The summed E-state index contributed by atoms with van der Waals surface area (Å²) in [4.78, 5) is 21.9. The van der Waals surface area contributed by atoms with Crippen LogP contribution in [0.1, 0.15) is 21.5 Å². The minimum absolute atomic E-state index is 0. The van der Waals surface area contributed by atoms with Crippen molar-refractivity contribution in [2.24, 2.45) is 0 Å². The number of aromatic nitrogens is 2. The van der Waals surface area contributed by atoms with E-state index in [0.717, 1.165) is 36.4 Å². The number of nitrogens with zero attached hydrogens (tertiary/aromatic N) is 2. The molecule has 0 fully saturated rings. The van der Waals surface area contributed by atoms with Gasteiger partial charge in [-0.05, 0) is 54.4 Å². The number of ketones is 1. The highest BCUT2D eigenvalue weighted by Gasteiger charge is 2.21. The summed E-state index contributed by atoms with van der Waals surface area (Å²) < 4.78 is 36.1. The Morgan fingerprint density at radius 3 is 2.17 bits per heavy atom. The Balaban J connectivity index is 0.00000323. The maximum Gasteiger partial charge on any atom is 0.296 e. The number of carbonyl (C=O) groups is 1. The predicted molar refractivity (Wildman–Crippen MR) is 165 cm³/mol. The molecule has 0 bridgehead atoms. The Labute approximate surface area is 247 Å². The van der Waals surface area contributed by atoms with Gasteiger partial charge in [0, 0.05) is 27.6 Å². The maximum atomic E-state index is 12.6. The third-order valence-corrected chi connectivity index (χ3v) is 10.2. The molecule has 0 saturated heterocycles. The minimum atomic E-state index is -4.37. The first-order valence-corrected chi connectivity index (χ1v) is 15.7. The van der Waals surface area contributed by atoms with Crippen LogP contribution in [0.5, 0.6) is 0 Å². The summed E-state index contributed by atoms with van der Waals surface area (Å²) in [6.07, 6.45) is 0.326. The van der Waals surface area contributed by atoms with E-state index in [9.17, 15) is 17.8 Å². The third kappa shape index (κ3) is 5.49. The van der Waals surface area contributed by atoms with Gasteiger partial charge in [0.25, 0.3) is 10.1 Å². The second kappa shape index (κ2) is 10.9. The SMILES string of the molecule is Cc1ccc2nc(-c3ccc4nc(-c5ccc(CC(=O)c6ccc(Br)cc6)cc5)sc4c3)sc2c1S(=O)(=O)O.N. The average molecular weight is 653 g/mol. The van der Waals surface area contributed by atoms with Crippen molar-refractivity contribution in [3.63, 3.8) is 0 Å². The molecule has 0 spiro atoms. The number of hydrogen-bond acceptors (Lipinski definition) is 8. The summed E-state index contributed by atoms with van der Waals surface area (Å²) in [5.41, 5.74) is 5.28. The fourth-order valence-corrected chi connectivity index (χ4v) is 7.96. The number of thiazole rings is 2. The lowest BCUT2D eigenvalue weighted by atomic mass is 10.0. The monoisotopic (exact) mass is 651 g/mol. The van der Waals surface area contributed by atoms with Crippen LogP contribution in [0.4, 0.5) is 0 Å². The molecular weight excluding hydrogens is 630 g/mol. The van der Waals surface area contributed by atoms with E-state index >= 15 is 0 Å². The molecule has 0 amide bonds. The molecule has 2 heterocycles. The van der Waals surface area contributed by atoms with Gasteiger partial charge in [-0.1, -0.05) is 58.4 Å². The topological polar surface area (TPSA) is 132 Å². The lowest BCUT2D eigenvalue weighted by Crippen LogP contribution is -2.03. The van der Waals surface area contributed by atoms with Gasteiger partial charge in [0.2, 0.25) is 0 Å². The summed E-state index contributed by atoms with van der Waals surface area (Å²) in [6.45, 7) is 1.65. The number of hydrogen-bond donors (Lipinski definition) is 2. The molecule has 0 radical (unpaired) electrons. The lowest BCUT2D eigenvalue weighted by molar-refractivity contribution is 0.0993. The quantitative estimate of drug-likeness (QED) is 0.137. The van der Waals surface area contributed by atoms with Crippen LogP contribution in [0.25, 0.3) is 41.6 Å². The van der Waals surface area contributed by atoms with Crippen LogP contribution in [0.2, 0.25) is 0 Å². The summed E-state index contributed by atoms with van der Waals surface area (Å²) in [5, 5.41) is 1.53. The standard InChI is InChI=1S/C29H19BrN2O4S3.H3N/c1-16-2-12-23-26(27(16)39(34,35)36)38-29(32-23)20-9-13-22-25(15-20)37-28(31-22)19-5-3-17(4-6-19)14-24(33)18-7-10-21(30)11-8-18;/h2-13,15H,14H2,1H3,(H,34,35,36);1H3. The molecule has 0 aliphatic carbocycles. The van der Waals surface area contributed by atoms with E-state index in [1.54, 1.807) is 30.4 Å². The highest BCUT2D eigenvalue weighted by atomic mass is 79.9. The number of benzene rings is 4. The molecule has 0 aliphatic rings. The van der Waals surface area contributed by atoms with Gasteiger partial charge >= 0.3 is 0 Å². The predicted octanol–water partition coefficient (Wildman–Crippen LogP) is 8.15. The first kappa shape index (κ1) is 28.2. The van der Waals surface area contributed by atoms with Crippen LogP contribution in [-0.2, 0) is 16.5 Å². The van der Waals surface area contributed by atoms with Gasteiger partial charge < -0.3 is 6.15 Å². The molecule has 6 rings (SSSR count). The van der Waals surface area contributed by atoms with Crippen LogP contribution in [0, 0.1) is 6.92 Å². The fourth-order valence-electron chi connectivity index (χ4n) is 4.38. The molecule has 2 aromatic heterocycles. The second-order valence-corrected chi connectivity index (χ2v) is 13.4. The van der Waals surface area contributed by atoms with Crippen molar-refractivity contribution in [1.29, 1.82) is 0 Å². The highest BCUT2D eigenvalue weighted by molar-refractivity contribution is 9.10. The summed E-state index contributed by atoms with van der Waals surface area (Å²) in [7, 11) is -4.37. The number of rotatable bonds is 6. The minimum Gasteiger partial charge on any atom is -0.344 e. The van der Waals surface area contributed by atoms with Crippen LogP contribution in [0.15, 0.2) is 88.2 Å². The van der Waals surface area contributed by atoms with Crippen molar-refractivity contribution < 1.29 is 17.8 Å². The van der Waals surface area contributed by atoms with Crippen molar-refractivity contribution in [3.05, 3.63) is 100 Å². The van der Waals surface area contributed by atoms with E-state index in [1.807, 2.05) is 66.7 Å². The van der Waals surface area contributed by atoms with Gasteiger partial charge in [0.05, 0.1) is 20.4 Å². The maximum absolute atomic E-state index is 12.6. The van der Waals surface area contributed by atoms with Gasteiger partial charge in [0.15, 0.2) is 5.78 Å². The largest absolute Gasteiger partial charge is 0.344 e. The highest BCUT2D eigenvalue weighted by Crippen LogP contribution is 2.38. The molecule has 0 unspecified atom stereocenters. The molecule has 202 valence electrons. The molecule has 6 aromatic rings. The Bertz CT molecular complexity index is 2000. The Morgan fingerprint density at radius 2 is 1.48 bits per heavy atom. The summed E-state index contributed by atoms with van der Waals surface area (Å²) in [6, 6.07) is 24.5. The molecule has 40 heavy (non-hydrogen) atoms. The van der Waals surface area contributed by atoms with Gasteiger partial charge in [-0.2, -0.15) is 8.42 Å². The van der Waals surface area contributed by atoms with Gasteiger partial charge in [-0.25, -0.2) is 9.97 Å². The molecule has 4 N–H and O–H groups in total. The summed E-state index contributed by atoms with van der Waals surface area (Å²) >= 11 is 6.18. The number of Topliss-reactive ketones (excluding diaryl/α,β-unsaturated/α-hetero) is 1. The number of aryl methyl sites for hydroxylation is 1. The van der Waals surface area contributed by atoms with E-state index in [1.165, 1.54) is 11.3 Å². The summed E-state index contributed by atoms with van der Waals surface area (Å²) in [5.74, 6) is 0.0662. The third-order valence-electron chi connectivity index (χ3n) is 6.33. The van der Waals surface area contributed by atoms with E-state index in [-0.39, 0.29) is 16.8 Å². The lowest BCUT2D eigenvalue weighted by Gasteiger charge is -2.03. The molecule has 0 atom stereocenters. The average Bonchev–Trinajstić information content (AvgIpc) is 3.52. The van der Waals surface area contributed by atoms with Crippen molar-refractivity contribution in [3.8, 4) is 21.1 Å². The number of carbonyl (C=O) groups excluding carboxylic acids is 1. The van der Waals surface area contributed by atoms with Crippen molar-refractivity contribution in [2.45, 2.75) is 18.2 Å². The van der Waals surface area contributed by atoms with Crippen molar-refractivity contribution in [2.75, 3.05) is 0 Å². The second-order valence-electron chi connectivity index (χ2n) is 9.06. The smallest absolute Gasteiger partial charge is 0.296 e. The molecule has 0 saturated carbocycles. The zero-order valence-electron chi connectivity index (χ0n) is 21.1. The van der Waals surface area contributed by atoms with E-state index in [0.29, 0.717) is 32.8 Å².